The first-order valence-electron chi connectivity index (χ1n) is 13.3. The summed E-state index contributed by atoms with van der Waals surface area (Å²) >= 11 is 0. The fourth-order valence-electron chi connectivity index (χ4n) is 6.63. The molecule has 41 heavy (non-hydrogen) atoms. The van der Waals surface area contributed by atoms with Gasteiger partial charge in [-0.2, -0.15) is 0 Å². The zero-order valence-corrected chi connectivity index (χ0v) is 23.7. The number of nitrogens with two attached hydrogens (primary N) is 1. The molecule has 222 valence electrons. The van der Waals surface area contributed by atoms with E-state index in [0.717, 1.165) is 0 Å². The maximum Gasteiger partial charge on any atom is 0.238 e. The number of amides is 2. The molecule has 6 unspecified atom stereocenters. The van der Waals surface area contributed by atoms with Crippen LogP contribution in [0.4, 0.5) is 5.69 Å². The molecule has 3 aliphatic rings. The molecule has 7 N–H and O–H groups in total. The van der Waals surface area contributed by atoms with E-state index in [-0.39, 0.29) is 28.9 Å². The standard InChI is InChI=1S/C28H36N4O9/c1-10-11-7-8-12(31-13(33)9-30-27(2,3)4)20(34)15(11)21(35)16-14(10)22(36)18-19(32(5)6)23(37)17(26(29)40)25(39)28(18,41)24(16)38/h7-8,10,14,16-19,22,30,34,36,41H,9H2,1-6H3,(H2,29,40)(H,31,33)/t10?,14?,16?,17?,18?,19-,22?,28-/m0/s1. The number of aliphatic hydroxyl groups excluding tert-OH is 1. The third kappa shape index (κ3) is 4.56. The number of rotatable bonds is 5. The second-order valence-corrected chi connectivity index (χ2v) is 12.4. The molecule has 0 aliphatic heterocycles. The van der Waals surface area contributed by atoms with Gasteiger partial charge in [-0.1, -0.05) is 13.0 Å². The summed E-state index contributed by atoms with van der Waals surface area (Å²) in [5.74, 6) is -14.7. The number of primary amides is 1. The number of hydrogen-bond donors (Lipinski definition) is 6. The highest BCUT2D eigenvalue weighted by molar-refractivity contribution is 6.32. The quantitative estimate of drug-likeness (QED) is 0.180. The summed E-state index contributed by atoms with van der Waals surface area (Å²) in [4.78, 5) is 80.4. The average molecular weight is 573 g/mol. The van der Waals surface area contributed by atoms with Crippen LogP contribution in [0.2, 0.25) is 0 Å². The number of phenols is 1. The fourth-order valence-corrected chi connectivity index (χ4v) is 6.63. The summed E-state index contributed by atoms with van der Waals surface area (Å²) in [5.41, 5.74) is 1.77. The van der Waals surface area contributed by atoms with Crippen molar-refractivity contribution in [3.05, 3.63) is 23.3 Å². The normalized spacial score (nSPS) is 33.2. The highest BCUT2D eigenvalue weighted by Crippen LogP contribution is 2.55. The first-order valence-corrected chi connectivity index (χ1v) is 13.3. The van der Waals surface area contributed by atoms with Crippen LogP contribution in [0.3, 0.4) is 0 Å². The van der Waals surface area contributed by atoms with Crippen LogP contribution >= 0.6 is 0 Å². The fraction of sp³-hybridized carbons (Fsp3) is 0.571. The van der Waals surface area contributed by atoms with Crippen LogP contribution in [-0.4, -0.2) is 99.1 Å². The Bertz CT molecular complexity index is 1370. The van der Waals surface area contributed by atoms with E-state index in [0.29, 0.717) is 0 Å². The van der Waals surface area contributed by atoms with Crippen LogP contribution in [0.15, 0.2) is 12.1 Å². The third-order valence-electron chi connectivity index (χ3n) is 8.54. The van der Waals surface area contributed by atoms with E-state index < -0.39 is 88.0 Å². The third-order valence-corrected chi connectivity index (χ3v) is 8.54. The van der Waals surface area contributed by atoms with Crippen LogP contribution in [0.25, 0.3) is 0 Å². The zero-order chi connectivity index (χ0) is 30.9. The summed E-state index contributed by atoms with van der Waals surface area (Å²) < 4.78 is 0. The molecule has 2 amide bonds. The smallest absolute Gasteiger partial charge is 0.238 e. The van der Waals surface area contributed by atoms with E-state index >= 15 is 0 Å². The number of hydrogen-bond acceptors (Lipinski definition) is 11. The highest BCUT2D eigenvalue weighted by atomic mass is 16.3. The monoisotopic (exact) mass is 572 g/mol. The van der Waals surface area contributed by atoms with Gasteiger partial charge in [0.25, 0.3) is 0 Å². The molecule has 13 nitrogen and oxygen atoms in total. The van der Waals surface area contributed by atoms with Crippen molar-refractivity contribution in [3.63, 3.8) is 0 Å². The minimum absolute atomic E-state index is 0.0929. The average Bonchev–Trinajstić information content (AvgIpc) is 2.85. The highest BCUT2D eigenvalue weighted by Gasteiger charge is 2.72. The number of carbonyl (C=O) groups excluding carboxylic acids is 6. The number of carbonyl (C=O) groups is 6. The van der Waals surface area contributed by atoms with Gasteiger partial charge in [0.2, 0.25) is 11.8 Å². The Hall–Kier alpha value is -3.52. The lowest BCUT2D eigenvalue weighted by Gasteiger charge is -2.56. The van der Waals surface area contributed by atoms with Gasteiger partial charge in [0.15, 0.2) is 34.7 Å². The summed E-state index contributed by atoms with van der Waals surface area (Å²) in [6, 6.07) is 1.45. The maximum absolute atomic E-state index is 14.0. The molecule has 0 aromatic heterocycles. The molecule has 1 aromatic rings. The largest absolute Gasteiger partial charge is 0.505 e. The first-order chi connectivity index (χ1) is 18.9. The van der Waals surface area contributed by atoms with Gasteiger partial charge in [-0.25, -0.2) is 0 Å². The van der Waals surface area contributed by atoms with Crippen LogP contribution in [0.5, 0.6) is 5.75 Å². The maximum atomic E-state index is 14.0. The molecule has 0 bridgehead atoms. The lowest BCUT2D eigenvalue weighted by atomic mass is 9.49. The van der Waals surface area contributed by atoms with Crippen molar-refractivity contribution in [1.82, 2.24) is 10.2 Å². The van der Waals surface area contributed by atoms with Gasteiger partial charge in [-0.15, -0.1) is 0 Å². The molecule has 0 heterocycles. The SMILES string of the molecule is CC1c2ccc(NC(=O)CNC(C)(C)C)c(O)c2C(=O)C2C(=O)[C@]3(O)C(=O)C(C(N)=O)C(=O)[C@@H](N(C)C)C3C(O)C21. The molecule has 3 aliphatic carbocycles. The number of aromatic hydroxyl groups is 1. The molecule has 1 aromatic carbocycles. The van der Waals surface area contributed by atoms with Crippen molar-refractivity contribution in [2.45, 2.75) is 56.9 Å². The Morgan fingerprint density at radius 1 is 1.10 bits per heavy atom. The van der Waals surface area contributed by atoms with Crippen LogP contribution in [-0.2, 0) is 24.0 Å². The Kier molecular flexibility index (Phi) is 7.49. The zero-order valence-electron chi connectivity index (χ0n) is 23.7. The van der Waals surface area contributed by atoms with Crippen molar-refractivity contribution in [3.8, 4) is 5.75 Å². The van der Waals surface area contributed by atoms with E-state index in [9.17, 15) is 44.1 Å². The summed E-state index contributed by atoms with van der Waals surface area (Å²) in [5, 5.41) is 39.9. The van der Waals surface area contributed by atoms with Gasteiger partial charge in [0.05, 0.1) is 41.8 Å². The van der Waals surface area contributed by atoms with Gasteiger partial charge in [0, 0.05) is 11.5 Å². The van der Waals surface area contributed by atoms with Gasteiger partial charge in [0.1, 0.15) is 5.75 Å². The summed E-state index contributed by atoms with van der Waals surface area (Å²) in [6.45, 7) is 7.10. The van der Waals surface area contributed by atoms with Crippen molar-refractivity contribution in [1.29, 1.82) is 0 Å². The number of benzene rings is 1. The summed E-state index contributed by atoms with van der Waals surface area (Å²) in [7, 11) is 2.85. The van der Waals surface area contributed by atoms with Crippen molar-refractivity contribution in [2.24, 2.45) is 29.4 Å². The molecule has 13 heteroatoms. The Balaban J connectivity index is 1.80. The Labute approximate surface area is 236 Å². The molecular formula is C28H36N4O9. The van der Waals surface area contributed by atoms with Gasteiger partial charge in [-0.05, 0) is 52.4 Å². The van der Waals surface area contributed by atoms with Crippen LogP contribution in [0.1, 0.15) is 49.5 Å². The molecule has 0 spiro atoms. The number of Topliss-reactive ketones (excluding diaryl/α,β-unsaturated/α-hetero) is 4. The van der Waals surface area contributed by atoms with Crippen LogP contribution in [0, 0.1) is 23.7 Å². The minimum atomic E-state index is -3.07. The molecular weight excluding hydrogens is 536 g/mol. The van der Waals surface area contributed by atoms with E-state index in [1.54, 1.807) is 6.92 Å². The minimum Gasteiger partial charge on any atom is -0.505 e. The second kappa shape index (κ2) is 10.1. The van der Waals surface area contributed by atoms with Crippen molar-refractivity contribution in [2.75, 3.05) is 26.0 Å². The van der Waals surface area contributed by atoms with Gasteiger partial charge in [-0.3, -0.25) is 33.7 Å². The molecule has 2 saturated carbocycles. The summed E-state index contributed by atoms with van der Waals surface area (Å²) in [6.07, 6.45) is -1.71. The predicted octanol–water partition coefficient (Wildman–Crippen LogP) is -1.27. The molecule has 4 rings (SSSR count). The lowest BCUT2D eigenvalue weighted by Crippen LogP contribution is -2.77. The number of nitrogens with zero attached hydrogens (tertiary/aromatic N) is 1. The van der Waals surface area contributed by atoms with E-state index in [2.05, 4.69) is 10.6 Å². The number of anilines is 1. The van der Waals surface area contributed by atoms with E-state index in [1.807, 2.05) is 20.8 Å². The number of likely N-dealkylation sites (N-methyl/N-ethyl adjacent to an activating group) is 1. The molecule has 0 saturated heterocycles. The number of phenolic OH excluding ortho intramolecular Hbond substituents is 1. The predicted molar refractivity (Wildman–Crippen MR) is 144 cm³/mol. The molecule has 8 atom stereocenters. The van der Waals surface area contributed by atoms with E-state index in [4.69, 9.17) is 5.73 Å². The Morgan fingerprint density at radius 2 is 1.71 bits per heavy atom. The molecule has 0 radical (unpaired) electrons. The number of ketones is 4. The van der Waals surface area contributed by atoms with Crippen molar-refractivity contribution < 1.29 is 44.1 Å². The second-order valence-electron chi connectivity index (χ2n) is 12.4. The van der Waals surface area contributed by atoms with Crippen molar-refractivity contribution >= 4 is 40.6 Å². The van der Waals surface area contributed by atoms with Gasteiger partial charge >= 0.3 is 0 Å². The Morgan fingerprint density at radius 3 is 2.24 bits per heavy atom. The number of fused-ring (bicyclic) bond motifs is 3. The number of nitrogens with one attached hydrogen (secondary N) is 2. The van der Waals surface area contributed by atoms with Gasteiger partial charge < -0.3 is 31.7 Å². The van der Waals surface area contributed by atoms with Crippen LogP contribution < -0.4 is 16.4 Å². The van der Waals surface area contributed by atoms with E-state index in [1.165, 1.54) is 31.1 Å². The first kappa shape index (κ1) is 30.4. The lowest BCUT2D eigenvalue weighted by molar-refractivity contribution is -0.196. The topological polar surface area (TPSA) is 216 Å². The molecule has 2 fully saturated rings. The number of aliphatic hydroxyl groups is 2.